The van der Waals surface area contributed by atoms with Crippen molar-refractivity contribution in [2.45, 2.75) is 19.9 Å². The zero-order valence-corrected chi connectivity index (χ0v) is 18.7. The average Bonchev–Trinajstić information content (AvgIpc) is 3.10. The van der Waals surface area contributed by atoms with Crippen LogP contribution in [0.1, 0.15) is 18.9 Å². The quantitative estimate of drug-likeness (QED) is 0.331. The van der Waals surface area contributed by atoms with Crippen LogP contribution in [-0.4, -0.2) is 63.8 Å². The number of carbonyl (C=O) groups is 1. The van der Waals surface area contributed by atoms with Crippen LogP contribution in [0.2, 0.25) is 0 Å². The minimum atomic E-state index is -0.115. The van der Waals surface area contributed by atoms with E-state index in [4.69, 9.17) is 9.47 Å². The SMILES string of the molecule is CCNC(=O)COc1cccc(CNC(=NC)N2CCC(COC)C2)c1.I. The summed E-state index contributed by atoms with van der Waals surface area (Å²) in [6.45, 7) is 5.91. The second kappa shape index (κ2) is 12.8. The Hall–Kier alpha value is -1.55. The highest BCUT2D eigenvalue weighted by atomic mass is 127. The summed E-state index contributed by atoms with van der Waals surface area (Å²) < 4.78 is 10.8. The lowest BCUT2D eigenvalue weighted by atomic mass is 10.1. The molecular weight excluding hydrogens is 459 g/mol. The van der Waals surface area contributed by atoms with E-state index in [1.54, 1.807) is 14.2 Å². The number of benzene rings is 1. The molecule has 2 N–H and O–H groups in total. The number of rotatable bonds is 8. The Labute approximate surface area is 178 Å². The number of likely N-dealkylation sites (N-methyl/N-ethyl adjacent to an activating group) is 1. The van der Waals surface area contributed by atoms with E-state index in [0.29, 0.717) is 24.8 Å². The third-order valence-electron chi connectivity index (χ3n) is 4.29. The first-order chi connectivity index (χ1) is 12.7. The fourth-order valence-corrected chi connectivity index (χ4v) is 3.05. The number of guanidine groups is 1. The molecule has 0 aliphatic carbocycles. The fourth-order valence-electron chi connectivity index (χ4n) is 3.05. The van der Waals surface area contributed by atoms with Gasteiger partial charge in [-0.05, 0) is 31.0 Å². The lowest BCUT2D eigenvalue weighted by Crippen LogP contribution is -2.39. The molecule has 1 atom stereocenters. The summed E-state index contributed by atoms with van der Waals surface area (Å²) in [5, 5.41) is 6.12. The van der Waals surface area contributed by atoms with Gasteiger partial charge in [0.05, 0.1) is 6.61 Å². The number of halogens is 1. The van der Waals surface area contributed by atoms with Crippen molar-refractivity contribution in [2.24, 2.45) is 10.9 Å². The predicted octanol–water partition coefficient (Wildman–Crippen LogP) is 1.86. The molecule has 1 heterocycles. The molecule has 1 unspecified atom stereocenters. The predicted molar refractivity (Wildman–Crippen MR) is 118 cm³/mol. The number of hydrogen-bond donors (Lipinski definition) is 2. The van der Waals surface area contributed by atoms with Crippen molar-refractivity contribution in [1.82, 2.24) is 15.5 Å². The van der Waals surface area contributed by atoms with E-state index in [2.05, 4.69) is 20.5 Å². The second-order valence-corrected chi connectivity index (χ2v) is 6.35. The van der Waals surface area contributed by atoms with Gasteiger partial charge in [-0.25, -0.2) is 0 Å². The van der Waals surface area contributed by atoms with Gasteiger partial charge in [0, 0.05) is 46.3 Å². The number of hydrogen-bond acceptors (Lipinski definition) is 4. The monoisotopic (exact) mass is 490 g/mol. The normalized spacial score (nSPS) is 16.6. The van der Waals surface area contributed by atoms with Gasteiger partial charge in [-0.3, -0.25) is 9.79 Å². The van der Waals surface area contributed by atoms with Gasteiger partial charge >= 0.3 is 0 Å². The van der Waals surface area contributed by atoms with E-state index in [1.165, 1.54) is 0 Å². The minimum Gasteiger partial charge on any atom is -0.484 e. The molecule has 0 aromatic heterocycles. The van der Waals surface area contributed by atoms with Crippen LogP contribution in [0.4, 0.5) is 0 Å². The van der Waals surface area contributed by atoms with Crippen LogP contribution in [0.15, 0.2) is 29.3 Å². The average molecular weight is 490 g/mol. The number of likely N-dealkylation sites (tertiary alicyclic amines) is 1. The summed E-state index contributed by atoms with van der Waals surface area (Å²) in [7, 11) is 3.55. The maximum Gasteiger partial charge on any atom is 0.257 e. The van der Waals surface area contributed by atoms with Crippen molar-refractivity contribution in [2.75, 3.05) is 47.0 Å². The standard InChI is InChI=1S/C19H30N4O3.HI/c1-4-21-18(24)14-26-17-7-5-6-15(10-17)11-22-19(20-2)23-9-8-16(12-23)13-25-3;/h5-7,10,16H,4,8-9,11-14H2,1-3H3,(H,20,22)(H,21,24);1H. The van der Waals surface area contributed by atoms with Gasteiger partial charge in [-0.1, -0.05) is 12.1 Å². The number of amides is 1. The van der Waals surface area contributed by atoms with Crippen molar-refractivity contribution in [3.63, 3.8) is 0 Å². The maximum absolute atomic E-state index is 11.5. The van der Waals surface area contributed by atoms with Gasteiger partial charge in [0.1, 0.15) is 5.75 Å². The van der Waals surface area contributed by atoms with E-state index in [-0.39, 0.29) is 36.5 Å². The topological polar surface area (TPSA) is 75.2 Å². The van der Waals surface area contributed by atoms with Crippen LogP contribution in [0.5, 0.6) is 5.75 Å². The number of methoxy groups -OCH3 is 1. The fraction of sp³-hybridized carbons (Fsp3) is 0.579. The van der Waals surface area contributed by atoms with Crippen molar-refractivity contribution in [3.8, 4) is 5.75 Å². The first-order valence-electron chi connectivity index (χ1n) is 9.09. The molecule has 0 bridgehead atoms. The van der Waals surface area contributed by atoms with Crippen LogP contribution in [-0.2, 0) is 16.1 Å². The number of aliphatic imine (C=N–C) groups is 1. The second-order valence-electron chi connectivity index (χ2n) is 6.35. The Kier molecular flexibility index (Phi) is 11.1. The van der Waals surface area contributed by atoms with Gasteiger partial charge in [-0.2, -0.15) is 0 Å². The van der Waals surface area contributed by atoms with Gasteiger partial charge in [0.25, 0.3) is 5.91 Å². The molecule has 1 aromatic carbocycles. The first-order valence-corrected chi connectivity index (χ1v) is 9.09. The van der Waals surface area contributed by atoms with E-state index in [0.717, 1.165) is 37.6 Å². The van der Waals surface area contributed by atoms with Crippen LogP contribution < -0.4 is 15.4 Å². The third-order valence-corrected chi connectivity index (χ3v) is 4.29. The highest BCUT2D eigenvalue weighted by Crippen LogP contribution is 2.17. The highest BCUT2D eigenvalue weighted by Gasteiger charge is 2.24. The molecule has 27 heavy (non-hydrogen) atoms. The number of carbonyl (C=O) groups excluding carboxylic acids is 1. The Bertz CT molecular complexity index is 612. The van der Waals surface area contributed by atoms with Crippen LogP contribution in [0, 0.1) is 5.92 Å². The van der Waals surface area contributed by atoms with Crippen molar-refractivity contribution in [3.05, 3.63) is 29.8 Å². The lowest BCUT2D eigenvalue weighted by Gasteiger charge is -2.21. The Balaban J connectivity index is 0.00000364. The van der Waals surface area contributed by atoms with Gasteiger partial charge in [0.15, 0.2) is 12.6 Å². The number of nitrogens with zero attached hydrogens (tertiary/aromatic N) is 2. The Morgan fingerprint density at radius 1 is 1.37 bits per heavy atom. The minimum absolute atomic E-state index is 0. The summed E-state index contributed by atoms with van der Waals surface area (Å²) in [5.74, 6) is 2.03. The molecule has 152 valence electrons. The third kappa shape index (κ3) is 7.92. The van der Waals surface area contributed by atoms with E-state index < -0.39 is 0 Å². The largest absolute Gasteiger partial charge is 0.484 e. The highest BCUT2D eigenvalue weighted by molar-refractivity contribution is 14.0. The van der Waals surface area contributed by atoms with Gasteiger partial charge < -0.3 is 25.0 Å². The van der Waals surface area contributed by atoms with Gasteiger partial charge in [-0.15, -0.1) is 24.0 Å². The Morgan fingerprint density at radius 3 is 2.89 bits per heavy atom. The summed E-state index contributed by atoms with van der Waals surface area (Å²) in [6.07, 6.45) is 1.12. The maximum atomic E-state index is 11.5. The number of ether oxygens (including phenoxy) is 2. The van der Waals surface area contributed by atoms with E-state index in [1.807, 2.05) is 31.2 Å². The summed E-state index contributed by atoms with van der Waals surface area (Å²) >= 11 is 0. The molecular formula is C19H31IN4O3. The van der Waals surface area contributed by atoms with E-state index in [9.17, 15) is 4.79 Å². The van der Waals surface area contributed by atoms with Crippen molar-refractivity contribution >= 4 is 35.8 Å². The summed E-state index contributed by atoms with van der Waals surface area (Å²) in [5.41, 5.74) is 1.08. The molecule has 1 amide bonds. The Morgan fingerprint density at radius 2 is 2.19 bits per heavy atom. The molecule has 0 spiro atoms. The summed E-state index contributed by atoms with van der Waals surface area (Å²) in [6, 6.07) is 7.75. The zero-order valence-electron chi connectivity index (χ0n) is 16.4. The molecule has 1 aliphatic rings. The van der Waals surface area contributed by atoms with E-state index >= 15 is 0 Å². The van der Waals surface area contributed by atoms with Gasteiger partial charge in [0.2, 0.25) is 0 Å². The van der Waals surface area contributed by atoms with Crippen LogP contribution in [0.3, 0.4) is 0 Å². The smallest absolute Gasteiger partial charge is 0.257 e. The molecule has 1 aromatic rings. The molecule has 1 aliphatic heterocycles. The first kappa shape index (κ1) is 23.5. The molecule has 1 saturated heterocycles. The number of nitrogens with one attached hydrogen (secondary N) is 2. The van der Waals surface area contributed by atoms with Crippen molar-refractivity contribution < 1.29 is 14.3 Å². The van der Waals surface area contributed by atoms with Crippen LogP contribution in [0.25, 0.3) is 0 Å². The lowest BCUT2D eigenvalue weighted by molar-refractivity contribution is -0.122. The summed E-state index contributed by atoms with van der Waals surface area (Å²) in [4.78, 5) is 18.1. The zero-order chi connectivity index (χ0) is 18.8. The molecule has 2 rings (SSSR count). The molecule has 0 saturated carbocycles. The molecule has 7 nitrogen and oxygen atoms in total. The molecule has 1 fully saturated rings. The van der Waals surface area contributed by atoms with Crippen molar-refractivity contribution in [1.29, 1.82) is 0 Å². The van der Waals surface area contributed by atoms with Crippen LogP contribution >= 0.6 is 24.0 Å². The molecule has 8 heteroatoms. The molecule has 0 radical (unpaired) electrons.